The Morgan fingerprint density at radius 2 is 1.90 bits per heavy atom. The molecule has 1 aromatic carbocycles. The van der Waals surface area contributed by atoms with E-state index < -0.39 is 0 Å². The number of halogens is 2. The average Bonchev–Trinajstić information content (AvgIpc) is 2.97. The number of imidazole rings is 1. The standard InChI is InChI=1S/C15H19Cl2N3/c1-3-13(10-5-6-11(16)12(17)9-10)20-14(4-2)15-18-7-8-19-15/h5-9,13-14,20H,3-4H2,1-2H3,(H,18,19). The molecule has 0 radical (unpaired) electrons. The molecule has 2 unspecified atom stereocenters. The maximum atomic E-state index is 6.11. The van der Waals surface area contributed by atoms with Gasteiger partial charge >= 0.3 is 0 Å². The third-order valence-corrected chi connectivity index (χ3v) is 4.15. The van der Waals surface area contributed by atoms with Gasteiger partial charge in [0.1, 0.15) is 5.82 Å². The summed E-state index contributed by atoms with van der Waals surface area (Å²) in [6, 6.07) is 6.21. The number of hydrogen-bond acceptors (Lipinski definition) is 2. The van der Waals surface area contributed by atoms with Crippen molar-refractivity contribution in [1.82, 2.24) is 15.3 Å². The maximum absolute atomic E-state index is 6.11. The van der Waals surface area contributed by atoms with Crippen LogP contribution in [0.2, 0.25) is 10.0 Å². The zero-order valence-corrected chi connectivity index (χ0v) is 13.2. The number of nitrogens with one attached hydrogen (secondary N) is 2. The lowest BCUT2D eigenvalue weighted by Gasteiger charge is -2.23. The van der Waals surface area contributed by atoms with E-state index in [-0.39, 0.29) is 12.1 Å². The van der Waals surface area contributed by atoms with Crippen LogP contribution in [0.25, 0.3) is 0 Å². The Kier molecular flexibility index (Phi) is 5.46. The molecule has 0 aliphatic carbocycles. The molecule has 1 heterocycles. The highest BCUT2D eigenvalue weighted by Gasteiger charge is 2.18. The number of nitrogens with zero attached hydrogens (tertiary/aromatic N) is 1. The van der Waals surface area contributed by atoms with Crippen LogP contribution in [-0.4, -0.2) is 9.97 Å². The van der Waals surface area contributed by atoms with Gasteiger partial charge in [-0.25, -0.2) is 4.98 Å². The minimum absolute atomic E-state index is 0.199. The molecule has 0 aliphatic heterocycles. The maximum Gasteiger partial charge on any atom is 0.123 e. The number of benzene rings is 1. The molecule has 3 nitrogen and oxygen atoms in total. The molecule has 0 fully saturated rings. The highest BCUT2D eigenvalue weighted by atomic mass is 35.5. The minimum atomic E-state index is 0.199. The zero-order chi connectivity index (χ0) is 14.5. The second-order valence-electron chi connectivity index (χ2n) is 4.74. The summed E-state index contributed by atoms with van der Waals surface area (Å²) in [6.07, 6.45) is 5.56. The number of aromatic nitrogens is 2. The van der Waals surface area contributed by atoms with Crippen molar-refractivity contribution in [2.75, 3.05) is 0 Å². The van der Waals surface area contributed by atoms with Crippen molar-refractivity contribution < 1.29 is 0 Å². The summed E-state index contributed by atoms with van der Waals surface area (Å²) in [5.74, 6) is 0.964. The molecule has 0 saturated heterocycles. The lowest BCUT2D eigenvalue weighted by Crippen LogP contribution is -2.26. The van der Waals surface area contributed by atoms with E-state index in [1.165, 1.54) is 0 Å². The average molecular weight is 312 g/mol. The normalized spacial score (nSPS) is 14.2. The molecule has 2 atom stereocenters. The molecule has 2 rings (SSSR count). The molecular formula is C15H19Cl2N3. The lowest BCUT2D eigenvalue weighted by atomic mass is 10.0. The van der Waals surface area contributed by atoms with Crippen molar-refractivity contribution in [3.05, 3.63) is 52.0 Å². The monoisotopic (exact) mass is 311 g/mol. The van der Waals surface area contributed by atoms with Gasteiger partial charge in [0, 0.05) is 18.4 Å². The van der Waals surface area contributed by atoms with E-state index in [9.17, 15) is 0 Å². The minimum Gasteiger partial charge on any atom is -0.347 e. The van der Waals surface area contributed by atoms with Gasteiger partial charge in [-0.3, -0.25) is 0 Å². The Bertz CT molecular complexity index is 540. The lowest BCUT2D eigenvalue weighted by molar-refractivity contribution is 0.413. The van der Waals surface area contributed by atoms with Crippen LogP contribution in [0, 0.1) is 0 Å². The summed E-state index contributed by atoms with van der Waals surface area (Å²) in [5.41, 5.74) is 1.15. The van der Waals surface area contributed by atoms with Crippen LogP contribution in [0.5, 0.6) is 0 Å². The van der Waals surface area contributed by atoms with Crippen LogP contribution < -0.4 is 5.32 Å². The molecule has 2 N–H and O–H groups in total. The number of hydrogen-bond donors (Lipinski definition) is 2. The Hall–Kier alpha value is -1.03. The predicted octanol–water partition coefficient (Wildman–Crippen LogP) is 4.91. The quantitative estimate of drug-likeness (QED) is 0.796. The fourth-order valence-corrected chi connectivity index (χ4v) is 2.59. The third-order valence-electron chi connectivity index (χ3n) is 3.41. The van der Waals surface area contributed by atoms with Gasteiger partial charge in [-0.15, -0.1) is 0 Å². The molecule has 0 saturated carbocycles. The van der Waals surface area contributed by atoms with Crippen molar-refractivity contribution in [3.8, 4) is 0 Å². The molecule has 20 heavy (non-hydrogen) atoms. The first kappa shape index (κ1) is 15.4. The van der Waals surface area contributed by atoms with Crippen molar-refractivity contribution in [3.63, 3.8) is 0 Å². The van der Waals surface area contributed by atoms with Gasteiger partial charge in [0.2, 0.25) is 0 Å². The van der Waals surface area contributed by atoms with E-state index in [0.717, 1.165) is 24.2 Å². The Morgan fingerprint density at radius 3 is 2.45 bits per heavy atom. The van der Waals surface area contributed by atoms with Crippen LogP contribution in [0.1, 0.15) is 50.2 Å². The first-order valence-electron chi connectivity index (χ1n) is 6.86. The smallest absolute Gasteiger partial charge is 0.123 e. The molecule has 1 aromatic heterocycles. The zero-order valence-electron chi connectivity index (χ0n) is 11.7. The Balaban J connectivity index is 2.17. The molecule has 0 spiro atoms. The van der Waals surface area contributed by atoms with Crippen molar-refractivity contribution in [2.24, 2.45) is 0 Å². The second kappa shape index (κ2) is 7.11. The van der Waals surface area contributed by atoms with E-state index in [0.29, 0.717) is 10.0 Å². The van der Waals surface area contributed by atoms with Gasteiger partial charge in [-0.1, -0.05) is 43.1 Å². The van der Waals surface area contributed by atoms with E-state index in [4.69, 9.17) is 23.2 Å². The second-order valence-corrected chi connectivity index (χ2v) is 5.55. The first-order valence-corrected chi connectivity index (χ1v) is 7.61. The highest BCUT2D eigenvalue weighted by Crippen LogP contribution is 2.28. The van der Waals surface area contributed by atoms with Gasteiger partial charge in [0.15, 0.2) is 0 Å². The van der Waals surface area contributed by atoms with E-state index in [2.05, 4.69) is 29.1 Å². The molecular weight excluding hydrogens is 293 g/mol. The van der Waals surface area contributed by atoms with Crippen LogP contribution in [0.4, 0.5) is 0 Å². The Morgan fingerprint density at radius 1 is 1.15 bits per heavy atom. The van der Waals surface area contributed by atoms with E-state index >= 15 is 0 Å². The Labute approximate surface area is 129 Å². The van der Waals surface area contributed by atoms with Crippen LogP contribution >= 0.6 is 23.2 Å². The van der Waals surface area contributed by atoms with Gasteiger partial charge in [0.05, 0.1) is 16.1 Å². The summed E-state index contributed by atoms with van der Waals surface area (Å²) >= 11 is 12.1. The van der Waals surface area contributed by atoms with Gasteiger partial charge in [-0.2, -0.15) is 0 Å². The molecule has 0 amide bonds. The van der Waals surface area contributed by atoms with Crippen LogP contribution in [-0.2, 0) is 0 Å². The molecule has 0 bridgehead atoms. The molecule has 5 heteroatoms. The van der Waals surface area contributed by atoms with Crippen molar-refractivity contribution >= 4 is 23.2 Å². The molecule has 108 valence electrons. The summed E-state index contributed by atoms with van der Waals surface area (Å²) in [5, 5.41) is 4.80. The fourth-order valence-electron chi connectivity index (χ4n) is 2.28. The number of H-pyrrole nitrogens is 1. The summed E-state index contributed by atoms with van der Waals surface area (Å²) in [6.45, 7) is 4.29. The van der Waals surface area contributed by atoms with Crippen molar-refractivity contribution in [1.29, 1.82) is 0 Å². The van der Waals surface area contributed by atoms with Crippen molar-refractivity contribution in [2.45, 2.75) is 38.8 Å². The fraction of sp³-hybridized carbons (Fsp3) is 0.400. The highest BCUT2D eigenvalue weighted by molar-refractivity contribution is 6.42. The largest absolute Gasteiger partial charge is 0.347 e. The summed E-state index contributed by atoms with van der Waals surface area (Å²) in [7, 11) is 0. The molecule has 2 aromatic rings. The topological polar surface area (TPSA) is 40.7 Å². The SMILES string of the molecule is CCC(NC(CC)c1ncc[nH]1)c1ccc(Cl)c(Cl)c1. The molecule has 0 aliphatic rings. The van der Waals surface area contributed by atoms with Gasteiger partial charge < -0.3 is 10.3 Å². The van der Waals surface area contributed by atoms with E-state index in [1.807, 2.05) is 24.4 Å². The number of rotatable bonds is 6. The van der Waals surface area contributed by atoms with Gasteiger partial charge in [-0.05, 0) is 30.5 Å². The van der Waals surface area contributed by atoms with E-state index in [1.54, 1.807) is 6.20 Å². The van der Waals surface area contributed by atoms with Crippen LogP contribution in [0.15, 0.2) is 30.6 Å². The summed E-state index contributed by atoms with van der Waals surface area (Å²) < 4.78 is 0. The van der Waals surface area contributed by atoms with Crippen LogP contribution in [0.3, 0.4) is 0 Å². The number of aromatic amines is 1. The third kappa shape index (κ3) is 3.54. The van der Waals surface area contributed by atoms with Gasteiger partial charge in [0.25, 0.3) is 0 Å². The predicted molar refractivity (Wildman–Crippen MR) is 84.2 cm³/mol. The first-order chi connectivity index (χ1) is 9.65. The summed E-state index contributed by atoms with van der Waals surface area (Å²) in [4.78, 5) is 7.50.